The third-order valence-electron chi connectivity index (χ3n) is 5.96. The number of hydrogen-bond donors (Lipinski definition) is 1. The second-order valence-corrected chi connectivity index (χ2v) is 14.1. The molecule has 0 radical (unpaired) electrons. The summed E-state index contributed by atoms with van der Waals surface area (Å²) in [7, 11) is -6.62. The van der Waals surface area contributed by atoms with Crippen LogP contribution in [0.3, 0.4) is 0 Å². The van der Waals surface area contributed by atoms with Crippen LogP contribution in [0, 0.1) is 0 Å². The molecule has 1 heterocycles. The van der Waals surface area contributed by atoms with E-state index >= 15 is 0 Å². The molecule has 202 valence electrons. The van der Waals surface area contributed by atoms with E-state index in [1.807, 2.05) is 62.4 Å². The van der Waals surface area contributed by atoms with Gasteiger partial charge in [0, 0.05) is 41.3 Å². The molecule has 39 heavy (non-hydrogen) atoms. The number of nitrogens with one attached hydrogen (secondary N) is 1. The molecule has 1 aromatic heterocycles. The van der Waals surface area contributed by atoms with Crippen LogP contribution in [0.1, 0.15) is 30.5 Å². The predicted octanol–water partition coefficient (Wildman–Crippen LogP) is 4.92. The lowest BCUT2D eigenvalue weighted by atomic mass is 9.96. The van der Waals surface area contributed by atoms with Crippen molar-refractivity contribution >= 4 is 48.1 Å². The fourth-order valence-electron chi connectivity index (χ4n) is 4.32. The molecule has 0 aliphatic heterocycles. The Morgan fingerprint density at radius 2 is 1.64 bits per heavy atom. The average Bonchev–Trinajstić information content (AvgIpc) is 2.85. The molecule has 0 aliphatic rings. The van der Waals surface area contributed by atoms with Gasteiger partial charge in [-0.1, -0.05) is 36.4 Å². The molecule has 0 saturated carbocycles. The lowest BCUT2D eigenvalue weighted by Gasteiger charge is -2.13. The van der Waals surface area contributed by atoms with Crippen molar-refractivity contribution in [2.24, 2.45) is 0 Å². The molecule has 0 atom stereocenters. The number of benzene rings is 3. The largest absolute Gasteiger partial charge is 0.350 e. The zero-order valence-electron chi connectivity index (χ0n) is 22.2. The molecule has 0 fully saturated rings. The standard InChI is InChI=1S/C30H30N2O5S2/c1-20(2)32-30(33)28(23-10-12-26(13-11-23)39(4,36)37)17-21-7-5-8-24(15-21)27-18-22(19-38(3,34)35)16-25-9-6-14-31-29(25)27/h5-18,20H,19H2,1-4H3,(H,32,33)/b28-17-. The highest BCUT2D eigenvalue weighted by Gasteiger charge is 2.16. The van der Waals surface area contributed by atoms with E-state index in [2.05, 4.69) is 10.3 Å². The van der Waals surface area contributed by atoms with Gasteiger partial charge in [0.2, 0.25) is 0 Å². The molecule has 0 saturated heterocycles. The summed E-state index contributed by atoms with van der Waals surface area (Å²) in [4.78, 5) is 17.9. The molecule has 4 rings (SSSR count). The molecule has 9 heteroatoms. The minimum atomic E-state index is -3.38. The van der Waals surface area contributed by atoms with E-state index in [9.17, 15) is 21.6 Å². The van der Waals surface area contributed by atoms with Crippen molar-refractivity contribution in [2.45, 2.75) is 30.5 Å². The highest BCUT2D eigenvalue weighted by molar-refractivity contribution is 7.90. The number of carbonyl (C=O) groups excluding carboxylic acids is 1. The van der Waals surface area contributed by atoms with Gasteiger partial charge in [0.25, 0.3) is 5.91 Å². The second kappa shape index (κ2) is 11.1. The maximum absolute atomic E-state index is 13.2. The van der Waals surface area contributed by atoms with Gasteiger partial charge in [0.05, 0.1) is 16.2 Å². The monoisotopic (exact) mass is 562 g/mol. The van der Waals surface area contributed by atoms with Crippen LogP contribution in [0.25, 0.3) is 33.7 Å². The minimum absolute atomic E-state index is 0.0899. The van der Waals surface area contributed by atoms with Gasteiger partial charge in [-0.15, -0.1) is 0 Å². The first-order valence-corrected chi connectivity index (χ1v) is 16.2. The minimum Gasteiger partial charge on any atom is -0.350 e. The van der Waals surface area contributed by atoms with Crippen LogP contribution in [0.15, 0.2) is 83.9 Å². The number of hydrogen-bond acceptors (Lipinski definition) is 6. The number of fused-ring (bicyclic) bond motifs is 1. The SMILES string of the molecule is CC(C)NC(=O)/C(=C\c1cccc(-c2cc(CS(C)(=O)=O)cc3cccnc23)c1)c1ccc(S(C)(=O)=O)cc1. The molecule has 0 aliphatic carbocycles. The van der Waals surface area contributed by atoms with E-state index in [4.69, 9.17) is 0 Å². The first-order chi connectivity index (χ1) is 18.3. The van der Waals surface area contributed by atoms with Gasteiger partial charge >= 0.3 is 0 Å². The van der Waals surface area contributed by atoms with Crippen molar-refractivity contribution in [3.63, 3.8) is 0 Å². The van der Waals surface area contributed by atoms with Crippen molar-refractivity contribution < 1.29 is 21.6 Å². The fraction of sp³-hybridized carbons (Fsp3) is 0.200. The number of carbonyl (C=O) groups is 1. The summed E-state index contributed by atoms with van der Waals surface area (Å²) in [6, 6.07) is 21.1. The van der Waals surface area contributed by atoms with Gasteiger partial charge in [0.1, 0.15) is 0 Å². The molecule has 3 aromatic carbocycles. The van der Waals surface area contributed by atoms with E-state index in [0.29, 0.717) is 16.7 Å². The molecule has 0 bridgehead atoms. The third kappa shape index (κ3) is 7.19. The molecule has 0 spiro atoms. The summed E-state index contributed by atoms with van der Waals surface area (Å²) in [5.74, 6) is -0.377. The summed E-state index contributed by atoms with van der Waals surface area (Å²) in [6.45, 7) is 3.73. The zero-order valence-corrected chi connectivity index (χ0v) is 23.8. The smallest absolute Gasteiger partial charge is 0.252 e. The normalized spacial score (nSPS) is 12.6. The zero-order chi connectivity index (χ0) is 28.4. The second-order valence-electron chi connectivity index (χ2n) is 9.90. The van der Waals surface area contributed by atoms with Crippen LogP contribution in [0.5, 0.6) is 0 Å². The van der Waals surface area contributed by atoms with Crippen molar-refractivity contribution in [3.8, 4) is 11.1 Å². The Kier molecular flexibility index (Phi) is 8.04. The average molecular weight is 563 g/mol. The Hall–Kier alpha value is -3.82. The van der Waals surface area contributed by atoms with Crippen LogP contribution in [-0.2, 0) is 30.2 Å². The molecule has 0 unspecified atom stereocenters. The van der Waals surface area contributed by atoms with Crippen molar-refractivity contribution in [3.05, 3.63) is 95.7 Å². The predicted molar refractivity (Wildman–Crippen MR) is 156 cm³/mol. The number of sulfone groups is 2. The third-order valence-corrected chi connectivity index (χ3v) is 7.95. The van der Waals surface area contributed by atoms with E-state index in [-0.39, 0.29) is 22.6 Å². The highest BCUT2D eigenvalue weighted by Crippen LogP contribution is 2.31. The molecule has 1 N–H and O–H groups in total. The van der Waals surface area contributed by atoms with E-state index in [1.165, 1.54) is 18.4 Å². The Bertz CT molecular complexity index is 1790. The summed E-state index contributed by atoms with van der Waals surface area (Å²) >= 11 is 0. The topological polar surface area (TPSA) is 110 Å². The van der Waals surface area contributed by atoms with Crippen LogP contribution in [-0.4, -0.2) is 46.3 Å². The summed E-state index contributed by atoms with van der Waals surface area (Å²) in [5, 5.41) is 3.74. The molecule has 7 nitrogen and oxygen atoms in total. The number of pyridine rings is 1. The summed E-state index contributed by atoms with van der Waals surface area (Å²) < 4.78 is 47.9. The molecular weight excluding hydrogens is 532 g/mol. The number of amides is 1. The highest BCUT2D eigenvalue weighted by atomic mass is 32.2. The van der Waals surface area contributed by atoms with E-state index in [1.54, 1.807) is 24.4 Å². The molecule has 4 aromatic rings. The van der Waals surface area contributed by atoms with Crippen LogP contribution < -0.4 is 5.32 Å². The van der Waals surface area contributed by atoms with Gasteiger partial charge in [-0.25, -0.2) is 16.8 Å². The Labute approximate surface area is 229 Å². The molecular formula is C30H30N2O5S2. The van der Waals surface area contributed by atoms with Crippen molar-refractivity contribution in [2.75, 3.05) is 12.5 Å². The van der Waals surface area contributed by atoms with Crippen LogP contribution in [0.4, 0.5) is 0 Å². The van der Waals surface area contributed by atoms with Crippen LogP contribution in [0.2, 0.25) is 0 Å². The van der Waals surface area contributed by atoms with Gasteiger partial charge < -0.3 is 5.32 Å². The van der Waals surface area contributed by atoms with Gasteiger partial charge in [0.15, 0.2) is 19.7 Å². The number of rotatable bonds is 8. The lowest BCUT2D eigenvalue weighted by molar-refractivity contribution is -0.116. The number of aromatic nitrogens is 1. The Morgan fingerprint density at radius 3 is 2.28 bits per heavy atom. The van der Waals surface area contributed by atoms with Gasteiger partial charge in [-0.3, -0.25) is 9.78 Å². The number of nitrogens with zero attached hydrogens (tertiary/aromatic N) is 1. The summed E-state index contributed by atoms with van der Waals surface area (Å²) in [6.07, 6.45) is 5.80. The van der Waals surface area contributed by atoms with E-state index < -0.39 is 19.7 Å². The Balaban J connectivity index is 1.84. The molecule has 1 amide bonds. The lowest BCUT2D eigenvalue weighted by Crippen LogP contribution is -2.30. The van der Waals surface area contributed by atoms with Crippen molar-refractivity contribution in [1.82, 2.24) is 10.3 Å². The fourth-order valence-corrected chi connectivity index (χ4v) is 5.73. The quantitative estimate of drug-likeness (QED) is 0.241. The summed E-state index contributed by atoms with van der Waals surface area (Å²) in [5.41, 5.74) is 4.71. The van der Waals surface area contributed by atoms with E-state index in [0.717, 1.165) is 33.8 Å². The van der Waals surface area contributed by atoms with Crippen LogP contribution >= 0.6 is 0 Å². The van der Waals surface area contributed by atoms with Crippen molar-refractivity contribution in [1.29, 1.82) is 0 Å². The maximum atomic E-state index is 13.2. The first-order valence-electron chi connectivity index (χ1n) is 12.3. The maximum Gasteiger partial charge on any atom is 0.252 e. The Morgan fingerprint density at radius 1 is 0.923 bits per heavy atom. The van der Waals surface area contributed by atoms with Gasteiger partial charge in [-0.2, -0.15) is 0 Å². The van der Waals surface area contributed by atoms with Gasteiger partial charge in [-0.05, 0) is 78.6 Å². The first kappa shape index (κ1) is 28.2.